The van der Waals surface area contributed by atoms with E-state index >= 15 is 0 Å². The number of hydrogen-bond donors (Lipinski definition) is 1. The van der Waals surface area contributed by atoms with Crippen LogP contribution in [0.3, 0.4) is 0 Å². The topological polar surface area (TPSA) is 29.9 Å². The first kappa shape index (κ1) is 12.8. The fraction of sp³-hybridized carbons (Fsp3) is 0.400. The Morgan fingerprint density at radius 2 is 2.22 bits per heavy atom. The molecule has 1 unspecified atom stereocenters. The number of benzene rings is 1. The Balaban J connectivity index is 2.20. The van der Waals surface area contributed by atoms with E-state index in [2.05, 4.69) is 48.4 Å². The molecular weight excluding hydrogens is 222 g/mol. The smallest absolute Gasteiger partial charge is 0.0991 e. The molecule has 0 bridgehead atoms. The van der Waals surface area contributed by atoms with Gasteiger partial charge in [-0.3, -0.25) is 0 Å². The zero-order valence-corrected chi connectivity index (χ0v) is 11.1. The third kappa shape index (κ3) is 2.99. The highest BCUT2D eigenvalue weighted by Crippen LogP contribution is 2.19. The van der Waals surface area contributed by atoms with E-state index in [1.807, 2.05) is 17.1 Å². The molecular formula is C15H21N3. The fourth-order valence-electron chi connectivity index (χ4n) is 2.13. The van der Waals surface area contributed by atoms with Gasteiger partial charge in [0.1, 0.15) is 0 Å². The van der Waals surface area contributed by atoms with Gasteiger partial charge in [0.2, 0.25) is 0 Å². The Bertz CT molecular complexity index is 462. The van der Waals surface area contributed by atoms with Crippen LogP contribution in [-0.2, 0) is 0 Å². The van der Waals surface area contributed by atoms with E-state index in [9.17, 15) is 0 Å². The van der Waals surface area contributed by atoms with Crippen molar-refractivity contribution in [2.45, 2.75) is 32.7 Å². The van der Waals surface area contributed by atoms with Crippen molar-refractivity contribution in [3.05, 3.63) is 48.5 Å². The molecule has 2 rings (SSSR count). The Morgan fingerprint density at radius 1 is 1.33 bits per heavy atom. The molecule has 0 aliphatic carbocycles. The third-order valence-corrected chi connectivity index (χ3v) is 3.12. The van der Waals surface area contributed by atoms with Crippen LogP contribution in [0.4, 0.5) is 0 Å². The van der Waals surface area contributed by atoms with Crippen molar-refractivity contribution < 1.29 is 0 Å². The molecule has 1 aromatic heterocycles. The average molecular weight is 243 g/mol. The highest BCUT2D eigenvalue weighted by molar-refractivity contribution is 5.37. The molecule has 1 atom stereocenters. The van der Waals surface area contributed by atoms with Crippen molar-refractivity contribution in [2.75, 3.05) is 6.54 Å². The first-order valence-electron chi connectivity index (χ1n) is 6.66. The van der Waals surface area contributed by atoms with E-state index < -0.39 is 0 Å². The second kappa shape index (κ2) is 6.36. The lowest BCUT2D eigenvalue weighted by Crippen LogP contribution is -2.21. The molecule has 0 aliphatic heterocycles. The molecule has 1 aromatic carbocycles. The van der Waals surface area contributed by atoms with Crippen LogP contribution in [0.5, 0.6) is 0 Å². The van der Waals surface area contributed by atoms with Crippen molar-refractivity contribution in [1.82, 2.24) is 14.9 Å². The van der Waals surface area contributed by atoms with Crippen LogP contribution in [0.15, 0.2) is 43.0 Å². The summed E-state index contributed by atoms with van der Waals surface area (Å²) in [7, 11) is 0. The number of rotatable bonds is 6. The average Bonchev–Trinajstić information content (AvgIpc) is 2.94. The lowest BCUT2D eigenvalue weighted by atomic mass is 10.0. The predicted molar refractivity (Wildman–Crippen MR) is 74.9 cm³/mol. The van der Waals surface area contributed by atoms with E-state index in [4.69, 9.17) is 0 Å². The lowest BCUT2D eigenvalue weighted by molar-refractivity contribution is 0.518. The SMILES string of the molecule is CCCNC(CC)c1cccc(-n2ccnc2)c1. The number of imidazole rings is 1. The van der Waals surface area contributed by atoms with Crippen LogP contribution >= 0.6 is 0 Å². The minimum absolute atomic E-state index is 0.438. The van der Waals surface area contributed by atoms with Crippen molar-refractivity contribution in [2.24, 2.45) is 0 Å². The molecule has 1 N–H and O–H groups in total. The van der Waals surface area contributed by atoms with Crippen LogP contribution in [0.1, 0.15) is 38.3 Å². The second-order valence-electron chi connectivity index (χ2n) is 4.48. The minimum Gasteiger partial charge on any atom is -0.310 e. The number of hydrogen-bond acceptors (Lipinski definition) is 2. The molecule has 0 aliphatic rings. The zero-order valence-electron chi connectivity index (χ0n) is 11.1. The molecule has 2 aromatic rings. The van der Waals surface area contributed by atoms with Crippen molar-refractivity contribution >= 4 is 0 Å². The maximum Gasteiger partial charge on any atom is 0.0991 e. The van der Waals surface area contributed by atoms with E-state index in [1.54, 1.807) is 6.20 Å². The molecule has 0 spiro atoms. The highest BCUT2D eigenvalue weighted by Gasteiger charge is 2.08. The van der Waals surface area contributed by atoms with Gasteiger partial charge in [0.05, 0.1) is 6.33 Å². The van der Waals surface area contributed by atoms with Gasteiger partial charge in [-0.2, -0.15) is 0 Å². The van der Waals surface area contributed by atoms with Crippen molar-refractivity contribution in [3.8, 4) is 5.69 Å². The number of nitrogens with one attached hydrogen (secondary N) is 1. The molecule has 0 saturated heterocycles. The van der Waals surface area contributed by atoms with Crippen molar-refractivity contribution in [3.63, 3.8) is 0 Å². The largest absolute Gasteiger partial charge is 0.310 e. The Hall–Kier alpha value is -1.61. The first-order valence-corrected chi connectivity index (χ1v) is 6.66. The maximum atomic E-state index is 4.09. The van der Waals surface area contributed by atoms with E-state index in [1.165, 1.54) is 11.3 Å². The number of nitrogens with zero attached hydrogens (tertiary/aromatic N) is 2. The van der Waals surface area contributed by atoms with Crippen LogP contribution in [0.2, 0.25) is 0 Å². The van der Waals surface area contributed by atoms with Crippen LogP contribution in [0, 0.1) is 0 Å². The molecule has 96 valence electrons. The van der Waals surface area contributed by atoms with Gasteiger partial charge in [0.15, 0.2) is 0 Å². The maximum absolute atomic E-state index is 4.09. The molecule has 0 fully saturated rings. The van der Waals surface area contributed by atoms with Crippen LogP contribution < -0.4 is 5.32 Å². The van der Waals surface area contributed by atoms with Crippen LogP contribution in [0.25, 0.3) is 5.69 Å². The lowest BCUT2D eigenvalue weighted by Gasteiger charge is -2.18. The Kier molecular flexibility index (Phi) is 4.53. The van der Waals surface area contributed by atoms with E-state index in [0.717, 1.165) is 19.4 Å². The van der Waals surface area contributed by atoms with Gasteiger partial charge in [0.25, 0.3) is 0 Å². The van der Waals surface area contributed by atoms with Gasteiger partial charge in [-0.05, 0) is 37.1 Å². The molecule has 0 amide bonds. The summed E-state index contributed by atoms with van der Waals surface area (Å²) in [6.07, 6.45) is 7.88. The summed E-state index contributed by atoms with van der Waals surface area (Å²) in [5.74, 6) is 0. The second-order valence-corrected chi connectivity index (χ2v) is 4.48. The standard InChI is InChI=1S/C15H21N3/c1-3-8-17-15(4-2)13-6-5-7-14(11-13)18-10-9-16-12-18/h5-7,9-12,15,17H,3-4,8H2,1-2H3. The highest BCUT2D eigenvalue weighted by atomic mass is 15.0. The summed E-state index contributed by atoms with van der Waals surface area (Å²) in [5, 5.41) is 3.58. The molecule has 1 heterocycles. The van der Waals surface area contributed by atoms with Crippen LogP contribution in [-0.4, -0.2) is 16.1 Å². The molecule has 0 radical (unpaired) electrons. The predicted octanol–water partition coefficient (Wildman–Crippen LogP) is 3.32. The third-order valence-electron chi connectivity index (χ3n) is 3.12. The van der Waals surface area contributed by atoms with Gasteiger partial charge in [-0.25, -0.2) is 4.98 Å². The van der Waals surface area contributed by atoms with E-state index in [0.29, 0.717) is 6.04 Å². The normalized spacial score (nSPS) is 12.6. The molecule has 3 nitrogen and oxygen atoms in total. The molecule has 0 saturated carbocycles. The summed E-state index contributed by atoms with van der Waals surface area (Å²) in [4.78, 5) is 4.09. The Morgan fingerprint density at radius 3 is 2.89 bits per heavy atom. The summed E-state index contributed by atoms with van der Waals surface area (Å²) in [5.41, 5.74) is 2.51. The van der Waals surface area contributed by atoms with Crippen molar-refractivity contribution in [1.29, 1.82) is 0 Å². The quantitative estimate of drug-likeness (QED) is 0.843. The minimum atomic E-state index is 0.438. The van der Waals surface area contributed by atoms with Gasteiger partial charge in [-0.15, -0.1) is 0 Å². The van der Waals surface area contributed by atoms with Gasteiger partial charge >= 0.3 is 0 Å². The Labute approximate surface area is 109 Å². The van der Waals surface area contributed by atoms with Gasteiger partial charge < -0.3 is 9.88 Å². The summed E-state index contributed by atoms with van der Waals surface area (Å²) >= 11 is 0. The van der Waals surface area contributed by atoms with E-state index in [-0.39, 0.29) is 0 Å². The summed E-state index contributed by atoms with van der Waals surface area (Å²) < 4.78 is 2.04. The monoisotopic (exact) mass is 243 g/mol. The first-order chi connectivity index (χ1) is 8.85. The molecule has 18 heavy (non-hydrogen) atoms. The number of aromatic nitrogens is 2. The van der Waals surface area contributed by atoms with Gasteiger partial charge in [-0.1, -0.05) is 26.0 Å². The zero-order chi connectivity index (χ0) is 12.8. The molecule has 3 heteroatoms. The summed E-state index contributed by atoms with van der Waals surface area (Å²) in [6.45, 7) is 5.48. The fourth-order valence-corrected chi connectivity index (χ4v) is 2.13. The summed E-state index contributed by atoms with van der Waals surface area (Å²) in [6, 6.07) is 9.09. The van der Waals surface area contributed by atoms with Gasteiger partial charge in [0, 0.05) is 24.1 Å².